The fraction of sp³-hybridized carbons (Fsp3) is 0.300. The summed E-state index contributed by atoms with van der Waals surface area (Å²) in [5.74, 6) is -1.04. The smallest absolute Gasteiger partial charge is 0.416 e. The molecule has 3 nitrogen and oxygen atoms in total. The number of halogens is 4. The quantitative estimate of drug-likeness (QED) is 0.777. The molecule has 1 N–H and O–H groups in total. The first-order valence-electron chi connectivity index (χ1n) is 4.69. The van der Waals surface area contributed by atoms with Gasteiger partial charge in [0.15, 0.2) is 0 Å². The van der Waals surface area contributed by atoms with Gasteiger partial charge >= 0.3 is 12.3 Å². The summed E-state index contributed by atoms with van der Waals surface area (Å²) in [6, 6.07) is 2.12. The van der Waals surface area contributed by atoms with Crippen LogP contribution in [0.5, 0.6) is 0 Å². The van der Waals surface area contributed by atoms with E-state index in [9.17, 15) is 22.4 Å². The van der Waals surface area contributed by atoms with Crippen LogP contribution in [-0.2, 0) is 10.9 Å². The van der Waals surface area contributed by atoms with Crippen LogP contribution in [0.15, 0.2) is 18.2 Å². The van der Waals surface area contributed by atoms with Crippen molar-refractivity contribution in [3.63, 3.8) is 0 Å². The maximum atomic E-state index is 13.4. The summed E-state index contributed by atoms with van der Waals surface area (Å²) in [5.41, 5.74) is -1.15. The minimum Gasteiger partial charge on any atom is -0.439 e. The van der Waals surface area contributed by atoms with Crippen molar-refractivity contribution in [1.82, 2.24) is 5.32 Å². The van der Waals surface area contributed by atoms with Gasteiger partial charge in [0, 0.05) is 5.56 Å². The first-order chi connectivity index (χ1) is 7.88. The topological polar surface area (TPSA) is 38.3 Å². The molecule has 1 aliphatic rings. The predicted molar refractivity (Wildman–Crippen MR) is 48.6 cm³/mol. The number of ether oxygens (including phenoxy) is 1. The molecule has 0 saturated carbocycles. The van der Waals surface area contributed by atoms with Gasteiger partial charge < -0.3 is 10.1 Å². The molecule has 0 aromatic heterocycles. The minimum atomic E-state index is -4.59. The average Bonchev–Trinajstić information content (AvgIpc) is 2.63. The van der Waals surface area contributed by atoms with Crippen molar-refractivity contribution in [3.8, 4) is 0 Å². The van der Waals surface area contributed by atoms with E-state index in [-0.39, 0.29) is 12.1 Å². The Balaban J connectivity index is 2.29. The summed E-state index contributed by atoms with van der Waals surface area (Å²) in [4.78, 5) is 10.7. The van der Waals surface area contributed by atoms with Gasteiger partial charge in [-0.1, -0.05) is 6.07 Å². The maximum absolute atomic E-state index is 13.4. The van der Waals surface area contributed by atoms with Gasteiger partial charge in [0.25, 0.3) is 0 Å². The van der Waals surface area contributed by atoms with Crippen LogP contribution >= 0.6 is 0 Å². The number of alkyl carbamates (subject to hydrolysis) is 1. The van der Waals surface area contributed by atoms with Crippen LogP contribution in [0, 0.1) is 5.82 Å². The Morgan fingerprint density at radius 1 is 1.35 bits per heavy atom. The van der Waals surface area contributed by atoms with Crippen LogP contribution in [0.4, 0.5) is 22.4 Å². The van der Waals surface area contributed by atoms with E-state index in [4.69, 9.17) is 0 Å². The Bertz CT molecular complexity index is 458. The zero-order chi connectivity index (χ0) is 12.6. The Labute approximate surface area is 93.4 Å². The van der Waals surface area contributed by atoms with E-state index in [1.807, 2.05) is 0 Å². The number of hydrogen-bond donors (Lipinski definition) is 1. The van der Waals surface area contributed by atoms with Crippen molar-refractivity contribution in [2.75, 3.05) is 6.54 Å². The number of nitrogens with one attached hydrogen (secondary N) is 1. The number of carbonyl (C=O) groups excluding carboxylic acids is 1. The lowest BCUT2D eigenvalue weighted by molar-refractivity contribution is -0.137. The second-order valence-corrected chi connectivity index (χ2v) is 3.51. The molecule has 1 unspecified atom stereocenters. The fourth-order valence-electron chi connectivity index (χ4n) is 1.53. The standard InChI is InChI=1S/C10H7F4NO2/c11-7-3-5(10(12,13)14)1-2-6(7)8-4-15-9(16)17-8/h1-3,8H,4H2,(H,15,16). The van der Waals surface area contributed by atoms with E-state index in [0.29, 0.717) is 6.07 Å². The van der Waals surface area contributed by atoms with Gasteiger partial charge in [0.2, 0.25) is 0 Å². The summed E-state index contributed by atoms with van der Waals surface area (Å²) in [6.07, 6.45) is -6.19. The van der Waals surface area contributed by atoms with E-state index >= 15 is 0 Å². The van der Waals surface area contributed by atoms with Crippen LogP contribution in [-0.4, -0.2) is 12.6 Å². The van der Waals surface area contributed by atoms with Crippen molar-refractivity contribution in [3.05, 3.63) is 35.1 Å². The maximum Gasteiger partial charge on any atom is 0.416 e. The number of amides is 1. The fourth-order valence-corrected chi connectivity index (χ4v) is 1.53. The van der Waals surface area contributed by atoms with Crippen LogP contribution in [0.25, 0.3) is 0 Å². The van der Waals surface area contributed by atoms with Crippen molar-refractivity contribution in [2.24, 2.45) is 0 Å². The Kier molecular flexibility index (Phi) is 2.68. The van der Waals surface area contributed by atoms with Gasteiger partial charge in [-0.25, -0.2) is 9.18 Å². The summed E-state index contributed by atoms with van der Waals surface area (Å²) in [5, 5.41) is 2.29. The molecule has 0 aliphatic carbocycles. The third-order valence-electron chi connectivity index (χ3n) is 2.36. The molecule has 1 saturated heterocycles. The third kappa shape index (κ3) is 2.32. The van der Waals surface area contributed by atoms with Gasteiger partial charge in [-0.3, -0.25) is 0 Å². The third-order valence-corrected chi connectivity index (χ3v) is 2.36. The molecule has 92 valence electrons. The highest BCUT2D eigenvalue weighted by molar-refractivity contribution is 5.69. The lowest BCUT2D eigenvalue weighted by Crippen LogP contribution is -2.13. The van der Waals surface area contributed by atoms with Crippen molar-refractivity contribution in [1.29, 1.82) is 0 Å². The molecule has 1 aromatic carbocycles. The molecular formula is C10H7F4NO2. The Morgan fingerprint density at radius 3 is 2.53 bits per heavy atom. The molecular weight excluding hydrogens is 242 g/mol. The molecule has 0 spiro atoms. The number of benzene rings is 1. The average molecular weight is 249 g/mol. The van der Waals surface area contributed by atoms with E-state index in [1.54, 1.807) is 0 Å². The minimum absolute atomic E-state index is 0.0428. The van der Waals surface area contributed by atoms with E-state index < -0.39 is 29.8 Å². The second kappa shape index (κ2) is 3.90. The van der Waals surface area contributed by atoms with Crippen molar-refractivity contribution < 1.29 is 27.1 Å². The second-order valence-electron chi connectivity index (χ2n) is 3.51. The normalized spacial score (nSPS) is 20.0. The first-order valence-corrected chi connectivity index (χ1v) is 4.69. The van der Waals surface area contributed by atoms with Crippen molar-refractivity contribution in [2.45, 2.75) is 12.3 Å². The summed E-state index contributed by atoms with van der Waals surface area (Å²) in [7, 11) is 0. The van der Waals surface area contributed by atoms with Crippen LogP contribution in [0.1, 0.15) is 17.2 Å². The van der Waals surface area contributed by atoms with Crippen LogP contribution in [0.2, 0.25) is 0 Å². The highest BCUT2D eigenvalue weighted by Gasteiger charge is 2.33. The zero-order valence-corrected chi connectivity index (χ0v) is 8.34. The monoisotopic (exact) mass is 249 g/mol. The summed E-state index contributed by atoms with van der Waals surface area (Å²) < 4.78 is 54.9. The van der Waals surface area contributed by atoms with Gasteiger partial charge in [-0.2, -0.15) is 13.2 Å². The first kappa shape index (κ1) is 11.7. The van der Waals surface area contributed by atoms with Gasteiger partial charge in [0.1, 0.15) is 11.9 Å². The molecule has 0 bridgehead atoms. The highest BCUT2D eigenvalue weighted by Crippen LogP contribution is 2.32. The molecule has 1 atom stereocenters. The number of alkyl halides is 3. The highest BCUT2D eigenvalue weighted by atomic mass is 19.4. The molecule has 1 aliphatic heterocycles. The van der Waals surface area contributed by atoms with Gasteiger partial charge in [-0.05, 0) is 12.1 Å². The summed E-state index contributed by atoms with van der Waals surface area (Å²) >= 11 is 0. The largest absolute Gasteiger partial charge is 0.439 e. The number of rotatable bonds is 1. The van der Waals surface area contributed by atoms with E-state index in [0.717, 1.165) is 12.1 Å². The van der Waals surface area contributed by atoms with Gasteiger partial charge in [-0.15, -0.1) is 0 Å². The Morgan fingerprint density at radius 2 is 2.06 bits per heavy atom. The molecule has 0 radical (unpaired) electrons. The van der Waals surface area contributed by atoms with Crippen LogP contribution in [0.3, 0.4) is 0 Å². The SMILES string of the molecule is O=C1NCC(c2ccc(C(F)(F)F)cc2F)O1. The Hall–Kier alpha value is -1.79. The molecule has 1 fully saturated rings. The molecule has 7 heteroatoms. The number of cyclic esters (lactones) is 1. The van der Waals surface area contributed by atoms with Gasteiger partial charge in [0.05, 0.1) is 12.1 Å². The molecule has 17 heavy (non-hydrogen) atoms. The molecule has 1 amide bonds. The lowest BCUT2D eigenvalue weighted by Gasteiger charge is -2.12. The number of carbonyl (C=O) groups is 1. The zero-order valence-electron chi connectivity index (χ0n) is 8.34. The van der Waals surface area contributed by atoms with Crippen LogP contribution < -0.4 is 5.32 Å². The summed E-state index contributed by atoms with van der Waals surface area (Å²) in [6.45, 7) is 0.0428. The predicted octanol–water partition coefficient (Wildman–Crippen LogP) is 2.63. The number of hydrogen-bond acceptors (Lipinski definition) is 2. The molecule has 1 heterocycles. The molecule has 1 aromatic rings. The van der Waals surface area contributed by atoms with E-state index in [1.165, 1.54) is 0 Å². The molecule has 2 rings (SSSR count). The van der Waals surface area contributed by atoms with E-state index in [2.05, 4.69) is 10.1 Å². The van der Waals surface area contributed by atoms with Crippen molar-refractivity contribution >= 4 is 6.09 Å². The lowest BCUT2D eigenvalue weighted by atomic mass is 10.1.